The number of likely N-dealkylation sites (tertiary alicyclic amines) is 3. The van der Waals surface area contributed by atoms with Gasteiger partial charge in [0, 0.05) is 45.3 Å². The van der Waals surface area contributed by atoms with Crippen molar-refractivity contribution in [1.82, 2.24) is 14.7 Å². The SMILES string of the molecule is CN1CC2CN(C3CN(C)C3)CC2C1. The summed E-state index contributed by atoms with van der Waals surface area (Å²) in [5.74, 6) is 1.96. The highest BCUT2D eigenvalue weighted by Gasteiger charge is 2.42. The Labute approximate surface area is 86.7 Å². The van der Waals surface area contributed by atoms with E-state index in [1.54, 1.807) is 0 Å². The Kier molecular flexibility index (Phi) is 2.08. The monoisotopic (exact) mass is 195 g/mol. The molecule has 3 heterocycles. The van der Waals surface area contributed by atoms with Gasteiger partial charge in [-0.15, -0.1) is 0 Å². The van der Waals surface area contributed by atoms with Gasteiger partial charge in [0.2, 0.25) is 0 Å². The smallest absolute Gasteiger partial charge is 0.0350 e. The van der Waals surface area contributed by atoms with Gasteiger partial charge in [-0.2, -0.15) is 0 Å². The lowest BCUT2D eigenvalue weighted by Crippen LogP contribution is -2.57. The normalized spacial score (nSPS) is 41.6. The maximum Gasteiger partial charge on any atom is 0.0350 e. The molecule has 3 aliphatic heterocycles. The van der Waals surface area contributed by atoms with Gasteiger partial charge in [-0.05, 0) is 25.9 Å². The van der Waals surface area contributed by atoms with Crippen molar-refractivity contribution < 1.29 is 0 Å². The van der Waals surface area contributed by atoms with E-state index < -0.39 is 0 Å². The molecular formula is C11H21N3. The van der Waals surface area contributed by atoms with Crippen LogP contribution in [0.2, 0.25) is 0 Å². The van der Waals surface area contributed by atoms with Gasteiger partial charge in [0.05, 0.1) is 0 Å². The number of hydrogen-bond acceptors (Lipinski definition) is 3. The van der Waals surface area contributed by atoms with Crippen molar-refractivity contribution in [3.63, 3.8) is 0 Å². The fourth-order valence-corrected chi connectivity index (χ4v) is 3.46. The molecule has 0 radical (unpaired) electrons. The second-order valence-corrected chi connectivity index (χ2v) is 5.57. The summed E-state index contributed by atoms with van der Waals surface area (Å²) >= 11 is 0. The fraction of sp³-hybridized carbons (Fsp3) is 1.00. The molecule has 14 heavy (non-hydrogen) atoms. The second kappa shape index (κ2) is 3.19. The molecule has 0 saturated carbocycles. The van der Waals surface area contributed by atoms with Gasteiger partial charge in [0.1, 0.15) is 0 Å². The Balaban J connectivity index is 1.57. The third kappa shape index (κ3) is 1.38. The molecule has 3 rings (SSSR count). The first-order valence-corrected chi connectivity index (χ1v) is 5.83. The molecule has 0 bridgehead atoms. The third-order valence-electron chi connectivity index (χ3n) is 4.26. The van der Waals surface area contributed by atoms with E-state index in [1.165, 1.54) is 39.3 Å². The highest BCUT2D eigenvalue weighted by Crippen LogP contribution is 2.32. The summed E-state index contributed by atoms with van der Waals surface area (Å²) in [6.07, 6.45) is 0. The molecule has 2 unspecified atom stereocenters. The predicted octanol–water partition coefficient (Wildman–Crippen LogP) is -0.206. The van der Waals surface area contributed by atoms with Gasteiger partial charge in [0.25, 0.3) is 0 Å². The van der Waals surface area contributed by atoms with Crippen LogP contribution in [-0.2, 0) is 0 Å². The maximum absolute atomic E-state index is 2.74. The zero-order valence-corrected chi connectivity index (χ0v) is 9.32. The summed E-state index contributed by atoms with van der Waals surface area (Å²) in [5.41, 5.74) is 0. The lowest BCUT2D eigenvalue weighted by molar-refractivity contribution is 0.0617. The van der Waals surface area contributed by atoms with Crippen LogP contribution >= 0.6 is 0 Å². The van der Waals surface area contributed by atoms with Crippen molar-refractivity contribution in [2.24, 2.45) is 11.8 Å². The van der Waals surface area contributed by atoms with E-state index in [9.17, 15) is 0 Å². The predicted molar refractivity (Wildman–Crippen MR) is 57.3 cm³/mol. The van der Waals surface area contributed by atoms with E-state index in [2.05, 4.69) is 28.8 Å². The molecule has 0 amide bonds. The third-order valence-corrected chi connectivity index (χ3v) is 4.26. The van der Waals surface area contributed by atoms with Crippen LogP contribution in [0.15, 0.2) is 0 Å². The quantitative estimate of drug-likeness (QED) is 0.573. The van der Waals surface area contributed by atoms with Crippen LogP contribution in [0.5, 0.6) is 0 Å². The summed E-state index contributed by atoms with van der Waals surface area (Å²) in [7, 11) is 4.49. The van der Waals surface area contributed by atoms with E-state index >= 15 is 0 Å². The number of likely N-dealkylation sites (N-methyl/N-ethyl adjacent to an activating group) is 1. The van der Waals surface area contributed by atoms with Crippen molar-refractivity contribution >= 4 is 0 Å². The Hall–Kier alpha value is -0.120. The topological polar surface area (TPSA) is 9.72 Å². The molecule has 3 aliphatic rings. The summed E-state index contributed by atoms with van der Waals surface area (Å²) in [6, 6.07) is 0.885. The van der Waals surface area contributed by atoms with Crippen molar-refractivity contribution in [1.29, 1.82) is 0 Å². The number of rotatable bonds is 1. The van der Waals surface area contributed by atoms with E-state index in [1.807, 2.05) is 0 Å². The standard InChI is InChI=1S/C11H21N3/c1-12-3-9-5-14(6-10(9)4-12)11-7-13(2)8-11/h9-11H,3-8H2,1-2H3. The van der Waals surface area contributed by atoms with Crippen molar-refractivity contribution in [2.75, 3.05) is 53.4 Å². The van der Waals surface area contributed by atoms with E-state index in [4.69, 9.17) is 0 Å². The largest absolute Gasteiger partial charge is 0.306 e. The van der Waals surface area contributed by atoms with Gasteiger partial charge in [-0.25, -0.2) is 0 Å². The minimum atomic E-state index is 0.885. The summed E-state index contributed by atoms with van der Waals surface area (Å²) in [4.78, 5) is 7.66. The highest BCUT2D eigenvalue weighted by molar-refractivity contribution is 4.97. The molecule has 2 atom stereocenters. The number of nitrogens with zero attached hydrogens (tertiary/aromatic N) is 3. The van der Waals surface area contributed by atoms with Crippen LogP contribution < -0.4 is 0 Å². The molecule has 0 aliphatic carbocycles. The summed E-state index contributed by atoms with van der Waals surface area (Å²) < 4.78 is 0. The molecule has 0 aromatic heterocycles. The summed E-state index contributed by atoms with van der Waals surface area (Å²) in [6.45, 7) is 8.01. The van der Waals surface area contributed by atoms with Crippen LogP contribution in [0.3, 0.4) is 0 Å². The molecule has 0 aromatic carbocycles. The van der Waals surface area contributed by atoms with E-state index in [-0.39, 0.29) is 0 Å². The number of fused-ring (bicyclic) bond motifs is 1. The van der Waals surface area contributed by atoms with Crippen LogP contribution in [0.1, 0.15) is 0 Å². The fourth-order valence-electron chi connectivity index (χ4n) is 3.46. The minimum absolute atomic E-state index is 0.885. The first kappa shape index (κ1) is 9.13. The van der Waals surface area contributed by atoms with Crippen molar-refractivity contribution in [3.8, 4) is 0 Å². The minimum Gasteiger partial charge on any atom is -0.306 e. The molecule has 3 nitrogen and oxygen atoms in total. The molecule has 0 spiro atoms. The average molecular weight is 195 g/mol. The van der Waals surface area contributed by atoms with Gasteiger partial charge in [-0.1, -0.05) is 0 Å². The van der Waals surface area contributed by atoms with Crippen LogP contribution in [0, 0.1) is 11.8 Å². The molecule has 0 N–H and O–H groups in total. The summed E-state index contributed by atoms with van der Waals surface area (Å²) in [5, 5.41) is 0. The zero-order valence-electron chi connectivity index (χ0n) is 9.32. The Bertz CT molecular complexity index is 211. The van der Waals surface area contributed by atoms with Crippen LogP contribution in [0.4, 0.5) is 0 Å². The van der Waals surface area contributed by atoms with Crippen LogP contribution in [0.25, 0.3) is 0 Å². The molecular weight excluding hydrogens is 174 g/mol. The van der Waals surface area contributed by atoms with E-state index in [0.717, 1.165) is 17.9 Å². The Morgan fingerprint density at radius 3 is 1.71 bits per heavy atom. The lowest BCUT2D eigenvalue weighted by Gasteiger charge is -2.42. The second-order valence-electron chi connectivity index (χ2n) is 5.57. The Morgan fingerprint density at radius 1 is 0.714 bits per heavy atom. The first-order chi connectivity index (χ1) is 6.72. The Morgan fingerprint density at radius 2 is 1.21 bits per heavy atom. The first-order valence-electron chi connectivity index (χ1n) is 5.83. The van der Waals surface area contributed by atoms with Gasteiger partial charge >= 0.3 is 0 Å². The van der Waals surface area contributed by atoms with Gasteiger partial charge in [0.15, 0.2) is 0 Å². The average Bonchev–Trinajstić information content (AvgIpc) is 2.54. The van der Waals surface area contributed by atoms with E-state index in [0.29, 0.717) is 0 Å². The molecule has 3 saturated heterocycles. The van der Waals surface area contributed by atoms with Gasteiger partial charge < -0.3 is 9.80 Å². The van der Waals surface area contributed by atoms with Gasteiger partial charge in [-0.3, -0.25) is 4.90 Å². The zero-order chi connectivity index (χ0) is 9.71. The lowest BCUT2D eigenvalue weighted by atomic mass is 10.0. The maximum atomic E-state index is 2.74. The molecule has 3 heteroatoms. The van der Waals surface area contributed by atoms with Crippen LogP contribution in [-0.4, -0.2) is 74.1 Å². The van der Waals surface area contributed by atoms with Crippen molar-refractivity contribution in [3.05, 3.63) is 0 Å². The number of hydrogen-bond donors (Lipinski definition) is 0. The highest BCUT2D eigenvalue weighted by atomic mass is 15.3. The molecule has 3 fully saturated rings. The molecule has 80 valence electrons. The molecule has 0 aromatic rings. The van der Waals surface area contributed by atoms with Crippen molar-refractivity contribution in [2.45, 2.75) is 6.04 Å².